The van der Waals surface area contributed by atoms with Gasteiger partial charge in [-0.1, -0.05) is 13.8 Å². The van der Waals surface area contributed by atoms with Gasteiger partial charge in [0.25, 0.3) is 0 Å². The van der Waals surface area contributed by atoms with Crippen molar-refractivity contribution in [3.63, 3.8) is 0 Å². The van der Waals surface area contributed by atoms with Crippen LogP contribution in [0.3, 0.4) is 0 Å². The third kappa shape index (κ3) is 2.75. The number of nitrogens with one attached hydrogen (secondary N) is 1. The molecule has 0 aromatic carbocycles. The number of nitrogens with two attached hydrogens (primary N) is 1. The summed E-state index contributed by atoms with van der Waals surface area (Å²) in [5, 5.41) is 6.80. The molecule has 1 aromatic rings. The molecule has 0 amide bonds. The second kappa shape index (κ2) is 5.34. The van der Waals surface area contributed by atoms with E-state index >= 15 is 0 Å². The van der Waals surface area contributed by atoms with Gasteiger partial charge in [0.05, 0.1) is 5.56 Å². The first kappa shape index (κ1) is 9.55. The Morgan fingerprint density at radius 2 is 2.18 bits per heavy atom. The van der Waals surface area contributed by atoms with Gasteiger partial charge in [0.1, 0.15) is 12.1 Å². The van der Waals surface area contributed by atoms with Gasteiger partial charge in [-0.2, -0.15) is 0 Å². The van der Waals surface area contributed by atoms with Crippen LogP contribution in [-0.2, 0) is 0 Å². The zero-order chi connectivity index (χ0) is 8.69. The number of hydrogen-bond acceptors (Lipinski definition) is 4. The van der Waals surface area contributed by atoms with Crippen LogP contribution in [0.15, 0.2) is 12.5 Å². The van der Waals surface area contributed by atoms with Crippen molar-refractivity contribution >= 4 is 12.0 Å². The lowest BCUT2D eigenvalue weighted by atomic mass is 10.3. The average molecular weight is 152 g/mol. The van der Waals surface area contributed by atoms with Crippen LogP contribution in [0.1, 0.15) is 19.4 Å². The first-order valence-electron chi connectivity index (χ1n) is 3.40. The van der Waals surface area contributed by atoms with Crippen LogP contribution in [0.2, 0.25) is 0 Å². The zero-order valence-electron chi connectivity index (χ0n) is 6.70. The van der Waals surface area contributed by atoms with E-state index in [0.29, 0.717) is 11.4 Å². The average Bonchev–Trinajstić information content (AvgIpc) is 2.09. The number of nitrogens with zero attached hydrogens (tertiary/aromatic N) is 2. The van der Waals surface area contributed by atoms with E-state index in [-0.39, 0.29) is 0 Å². The molecule has 60 valence electrons. The van der Waals surface area contributed by atoms with Gasteiger partial charge >= 0.3 is 0 Å². The molecule has 11 heavy (non-hydrogen) atoms. The Balaban J connectivity index is 0.000000461. The minimum absolute atomic E-state index is 0.347. The molecule has 1 aromatic heterocycles. The van der Waals surface area contributed by atoms with Crippen LogP contribution < -0.4 is 5.73 Å². The second-order valence-electron chi connectivity index (χ2n) is 1.51. The molecular weight excluding hydrogens is 140 g/mol. The number of hydrogen-bond donors (Lipinski definition) is 2. The Labute approximate surface area is 66.0 Å². The molecular formula is C7H12N4. The van der Waals surface area contributed by atoms with Gasteiger partial charge in [-0.25, -0.2) is 9.97 Å². The van der Waals surface area contributed by atoms with Gasteiger partial charge in [0, 0.05) is 12.4 Å². The van der Waals surface area contributed by atoms with Gasteiger partial charge in [0.2, 0.25) is 0 Å². The summed E-state index contributed by atoms with van der Waals surface area (Å²) in [4.78, 5) is 7.34. The fourth-order valence-corrected chi connectivity index (χ4v) is 0.461. The zero-order valence-corrected chi connectivity index (χ0v) is 6.70. The van der Waals surface area contributed by atoms with Crippen molar-refractivity contribution in [1.82, 2.24) is 9.97 Å². The number of nitrogen functional groups attached to an aromatic ring is 1. The fourth-order valence-electron chi connectivity index (χ4n) is 0.461. The topological polar surface area (TPSA) is 75.7 Å². The summed E-state index contributed by atoms with van der Waals surface area (Å²) in [6, 6.07) is 0. The van der Waals surface area contributed by atoms with Crippen LogP contribution in [-0.4, -0.2) is 16.2 Å². The maximum absolute atomic E-state index is 6.80. The van der Waals surface area contributed by atoms with E-state index in [9.17, 15) is 0 Å². The molecule has 0 saturated heterocycles. The van der Waals surface area contributed by atoms with Crippen molar-refractivity contribution in [3.05, 3.63) is 18.1 Å². The number of rotatable bonds is 1. The van der Waals surface area contributed by atoms with E-state index in [1.165, 1.54) is 12.5 Å². The van der Waals surface area contributed by atoms with E-state index in [1.54, 1.807) is 0 Å². The smallest absolute Gasteiger partial charge is 0.135 e. The maximum atomic E-state index is 6.80. The van der Waals surface area contributed by atoms with Crippen molar-refractivity contribution in [2.24, 2.45) is 0 Å². The van der Waals surface area contributed by atoms with Crippen molar-refractivity contribution < 1.29 is 0 Å². The van der Waals surface area contributed by atoms with E-state index in [4.69, 9.17) is 11.1 Å². The van der Waals surface area contributed by atoms with Gasteiger partial charge in [-0.05, 0) is 0 Å². The summed E-state index contributed by atoms with van der Waals surface area (Å²) < 4.78 is 0. The van der Waals surface area contributed by atoms with Crippen molar-refractivity contribution in [2.75, 3.05) is 5.73 Å². The highest BCUT2D eigenvalue weighted by Gasteiger charge is 1.91. The summed E-state index contributed by atoms with van der Waals surface area (Å²) >= 11 is 0. The Morgan fingerprint density at radius 1 is 1.55 bits per heavy atom. The van der Waals surface area contributed by atoms with Gasteiger partial charge in [-0.15, -0.1) is 0 Å². The highest BCUT2D eigenvalue weighted by atomic mass is 14.9. The lowest BCUT2D eigenvalue weighted by Gasteiger charge is -1.92. The molecule has 0 radical (unpaired) electrons. The summed E-state index contributed by atoms with van der Waals surface area (Å²) in [7, 11) is 0. The maximum Gasteiger partial charge on any atom is 0.135 e. The largest absolute Gasteiger partial charge is 0.383 e. The standard InChI is InChI=1S/C5H6N4.C2H6/c6-1-4-2-8-3-9-5(4)7;1-2/h1-3,6H,(H2,7,8,9);1-2H3. The molecule has 0 bridgehead atoms. The van der Waals surface area contributed by atoms with Crippen molar-refractivity contribution in [2.45, 2.75) is 13.8 Å². The van der Waals surface area contributed by atoms with E-state index < -0.39 is 0 Å². The molecule has 4 heteroatoms. The highest BCUT2D eigenvalue weighted by Crippen LogP contribution is 1.98. The van der Waals surface area contributed by atoms with E-state index in [0.717, 1.165) is 6.21 Å². The predicted molar refractivity (Wildman–Crippen MR) is 45.7 cm³/mol. The quantitative estimate of drug-likeness (QED) is 0.591. The number of aromatic nitrogens is 2. The van der Waals surface area contributed by atoms with Crippen molar-refractivity contribution in [1.29, 1.82) is 5.41 Å². The van der Waals surface area contributed by atoms with Crippen LogP contribution in [0.25, 0.3) is 0 Å². The second-order valence-corrected chi connectivity index (χ2v) is 1.51. The lowest BCUT2D eigenvalue weighted by molar-refractivity contribution is 1.17. The molecule has 0 aliphatic rings. The first-order chi connectivity index (χ1) is 5.34. The summed E-state index contributed by atoms with van der Waals surface area (Å²) in [5.41, 5.74) is 5.88. The molecule has 0 aliphatic heterocycles. The van der Waals surface area contributed by atoms with Crippen LogP contribution in [0.4, 0.5) is 5.82 Å². The third-order valence-corrected chi connectivity index (χ3v) is 0.928. The molecule has 0 spiro atoms. The van der Waals surface area contributed by atoms with E-state index in [2.05, 4.69) is 9.97 Å². The summed E-state index contributed by atoms with van der Waals surface area (Å²) in [6.45, 7) is 4.00. The highest BCUT2D eigenvalue weighted by molar-refractivity contribution is 5.82. The Morgan fingerprint density at radius 3 is 2.55 bits per heavy atom. The van der Waals surface area contributed by atoms with Crippen LogP contribution in [0.5, 0.6) is 0 Å². The Bertz CT molecular complexity index is 221. The molecule has 0 saturated carbocycles. The molecule has 4 nitrogen and oxygen atoms in total. The number of anilines is 1. The SMILES string of the molecule is CC.N=Cc1cncnc1N. The van der Waals surface area contributed by atoms with Gasteiger partial charge < -0.3 is 11.1 Å². The molecule has 1 rings (SSSR count). The minimum Gasteiger partial charge on any atom is -0.383 e. The summed E-state index contributed by atoms with van der Waals surface area (Å²) in [6.07, 6.45) is 3.97. The van der Waals surface area contributed by atoms with Crippen LogP contribution in [0, 0.1) is 5.41 Å². The lowest BCUT2D eigenvalue weighted by Crippen LogP contribution is -1.96. The molecule has 0 aliphatic carbocycles. The normalized spacial score (nSPS) is 7.82. The molecule has 3 N–H and O–H groups in total. The fraction of sp³-hybridized carbons (Fsp3) is 0.286. The Kier molecular flexibility index (Phi) is 4.64. The first-order valence-corrected chi connectivity index (χ1v) is 3.40. The molecule has 0 unspecified atom stereocenters. The molecule has 1 heterocycles. The summed E-state index contributed by atoms with van der Waals surface area (Å²) in [5.74, 6) is 0.347. The van der Waals surface area contributed by atoms with Crippen molar-refractivity contribution in [3.8, 4) is 0 Å². The van der Waals surface area contributed by atoms with E-state index in [1.807, 2.05) is 13.8 Å². The predicted octanol–water partition coefficient (Wildman–Crippen LogP) is 1.08. The monoisotopic (exact) mass is 152 g/mol. The van der Waals surface area contributed by atoms with Gasteiger partial charge in [-0.3, -0.25) is 0 Å². The molecule has 0 fully saturated rings. The molecule has 0 atom stereocenters. The van der Waals surface area contributed by atoms with Crippen LogP contribution >= 0.6 is 0 Å². The minimum atomic E-state index is 0.347. The third-order valence-electron chi connectivity index (χ3n) is 0.928. The van der Waals surface area contributed by atoms with Gasteiger partial charge in [0.15, 0.2) is 0 Å². The Hall–Kier alpha value is -1.45.